The van der Waals surface area contributed by atoms with Gasteiger partial charge < -0.3 is 15.0 Å². The highest BCUT2D eigenvalue weighted by Crippen LogP contribution is 2.36. The second-order valence-electron chi connectivity index (χ2n) is 8.77. The Kier molecular flexibility index (Phi) is 6.77. The number of sulfonamides is 1. The fraction of sp³-hybridized carbons (Fsp3) is 0.360. The van der Waals surface area contributed by atoms with Crippen molar-refractivity contribution in [2.24, 2.45) is 0 Å². The molecule has 2 amide bonds. The molecule has 0 aliphatic carbocycles. The molecule has 1 atom stereocenters. The third-order valence-electron chi connectivity index (χ3n) is 5.92. The second kappa shape index (κ2) is 9.60. The number of nitrogens with one attached hydrogen (secondary N) is 1. The van der Waals surface area contributed by atoms with Gasteiger partial charge in [-0.2, -0.15) is 4.31 Å². The third kappa shape index (κ3) is 4.85. The van der Waals surface area contributed by atoms with Crippen molar-refractivity contribution in [3.05, 3.63) is 60.2 Å². The number of rotatable bonds is 6. The lowest BCUT2D eigenvalue weighted by atomic mass is 10.1. The minimum absolute atomic E-state index is 0.176. The number of hydrogen-bond donors (Lipinski definition) is 1. The Hall–Kier alpha value is -3.17. The number of carbonyl (C=O) groups excluding carboxylic acids is 2. The highest BCUT2D eigenvalue weighted by atomic mass is 32.2. The molecule has 2 heterocycles. The van der Waals surface area contributed by atoms with Gasteiger partial charge >= 0.3 is 0 Å². The van der Waals surface area contributed by atoms with Gasteiger partial charge in [-0.25, -0.2) is 8.42 Å². The maximum absolute atomic E-state index is 12.8. The SMILES string of the molecule is C=C(C)CN1C(=O)C(C)Oc2ccc(NC(=O)c3ccc(S(=O)(=O)N4CCCCC4)cc3)cc21. The summed E-state index contributed by atoms with van der Waals surface area (Å²) < 4.78 is 32.9. The quantitative estimate of drug-likeness (QED) is 0.631. The number of carbonyl (C=O) groups is 2. The molecule has 34 heavy (non-hydrogen) atoms. The van der Waals surface area contributed by atoms with Gasteiger partial charge in [-0.3, -0.25) is 9.59 Å². The van der Waals surface area contributed by atoms with E-state index in [2.05, 4.69) is 11.9 Å². The van der Waals surface area contributed by atoms with Crippen LogP contribution in [0.15, 0.2) is 59.5 Å². The number of anilines is 2. The molecule has 4 rings (SSSR count). The number of benzene rings is 2. The lowest BCUT2D eigenvalue weighted by molar-refractivity contribution is -0.125. The molecular weight excluding hydrogens is 454 g/mol. The van der Waals surface area contributed by atoms with Crippen LogP contribution in [0.3, 0.4) is 0 Å². The molecule has 0 saturated carbocycles. The number of nitrogens with zero attached hydrogens (tertiary/aromatic N) is 2. The van der Waals surface area contributed by atoms with E-state index in [1.54, 1.807) is 30.0 Å². The minimum atomic E-state index is -3.56. The van der Waals surface area contributed by atoms with Crippen LogP contribution in [0.5, 0.6) is 5.75 Å². The second-order valence-corrected chi connectivity index (χ2v) is 10.7. The number of piperidine rings is 1. The number of ether oxygens (including phenoxy) is 1. The van der Waals surface area contributed by atoms with E-state index in [1.165, 1.54) is 28.6 Å². The zero-order valence-electron chi connectivity index (χ0n) is 19.4. The van der Waals surface area contributed by atoms with Crippen molar-refractivity contribution >= 4 is 33.2 Å². The van der Waals surface area contributed by atoms with E-state index in [-0.39, 0.29) is 16.7 Å². The van der Waals surface area contributed by atoms with E-state index < -0.39 is 16.1 Å². The Bertz CT molecular complexity index is 1220. The van der Waals surface area contributed by atoms with Crippen molar-refractivity contribution in [3.8, 4) is 5.75 Å². The van der Waals surface area contributed by atoms with Gasteiger partial charge in [-0.1, -0.05) is 18.6 Å². The number of hydrogen-bond acceptors (Lipinski definition) is 5. The largest absolute Gasteiger partial charge is 0.479 e. The standard InChI is InChI=1S/C25H29N3O5S/c1-17(2)16-28-22-15-20(9-12-23(22)33-18(3)25(28)30)26-24(29)19-7-10-21(11-8-19)34(31,32)27-13-5-4-6-14-27/h7-12,15,18H,1,4-6,13-14,16H2,2-3H3,(H,26,29). The van der Waals surface area contributed by atoms with Crippen molar-refractivity contribution in [1.82, 2.24) is 4.31 Å². The first-order chi connectivity index (χ1) is 16.2. The first-order valence-corrected chi connectivity index (χ1v) is 12.8. The van der Waals surface area contributed by atoms with Crippen molar-refractivity contribution in [2.45, 2.75) is 44.1 Å². The maximum Gasteiger partial charge on any atom is 0.268 e. The van der Waals surface area contributed by atoms with Gasteiger partial charge in [0.1, 0.15) is 5.75 Å². The van der Waals surface area contributed by atoms with Crippen LogP contribution in [-0.2, 0) is 14.8 Å². The molecule has 2 aliphatic rings. The third-order valence-corrected chi connectivity index (χ3v) is 7.84. The summed E-state index contributed by atoms with van der Waals surface area (Å²) in [5.41, 5.74) is 2.20. The van der Waals surface area contributed by atoms with Gasteiger partial charge in [-0.05, 0) is 69.2 Å². The molecule has 0 aromatic heterocycles. The Morgan fingerprint density at radius 3 is 2.44 bits per heavy atom. The molecule has 180 valence electrons. The molecule has 0 radical (unpaired) electrons. The smallest absolute Gasteiger partial charge is 0.268 e. The Labute approximate surface area is 200 Å². The first-order valence-electron chi connectivity index (χ1n) is 11.3. The molecule has 0 bridgehead atoms. The average Bonchev–Trinajstić information content (AvgIpc) is 2.83. The van der Waals surface area contributed by atoms with E-state index in [4.69, 9.17) is 4.74 Å². The van der Waals surface area contributed by atoms with Crippen LogP contribution in [0.1, 0.15) is 43.5 Å². The van der Waals surface area contributed by atoms with Crippen molar-refractivity contribution < 1.29 is 22.7 Å². The molecule has 1 N–H and O–H groups in total. The van der Waals surface area contributed by atoms with E-state index in [9.17, 15) is 18.0 Å². The monoisotopic (exact) mass is 483 g/mol. The molecule has 8 nitrogen and oxygen atoms in total. The van der Waals surface area contributed by atoms with Crippen LogP contribution in [0.4, 0.5) is 11.4 Å². The molecule has 2 aromatic rings. The van der Waals surface area contributed by atoms with Crippen LogP contribution in [0.25, 0.3) is 0 Å². The molecule has 2 aliphatic heterocycles. The zero-order chi connectivity index (χ0) is 24.5. The zero-order valence-corrected chi connectivity index (χ0v) is 20.2. The average molecular weight is 484 g/mol. The summed E-state index contributed by atoms with van der Waals surface area (Å²) in [5, 5.41) is 2.82. The Morgan fingerprint density at radius 1 is 1.12 bits per heavy atom. The normalized spacial score (nSPS) is 18.7. The van der Waals surface area contributed by atoms with Crippen LogP contribution >= 0.6 is 0 Å². The lowest BCUT2D eigenvalue weighted by Crippen LogP contribution is -2.45. The molecule has 1 unspecified atom stereocenters. The molecular formula is C25H29N3O5S. The fourth-order valence-electron chi connectivity index (χ4n) is 4.15. The maximum atomic E-state index is 12.8. The summed E-state index contributed by atoms with van der Waals surface area (Å²) in [4.78, 5) is 27.2. The van der Waals surface area contributed by atoms with Crippen LogP contribution in [0.2, 0.25) is 0 Å². The molecule has 0 spiro atoms. The van der Waals surface area contributed by atoms with Gasteiger partial charge in [0.05, 0.1) is 10.6 Å². The topological polar surface area (TPSA) is 96.0 Å². The highest BCUT2D eigenvalue weighted by Gasteiger charge is 2.32. The minimum Gasteiger partial charge on any atom is -0.479 e. The Morgan fingerprint density at radius 2 is 1.79 bits per heavy atom. The highest BCUT2D eigenvalue weighted by molar-refractivity contribution is 7.89. The van der Waals surface area contributed by atoms with Gasteiger partial charge in [0.25, 0.3) is 11.8 Å². The van der Waals surface area contributed by atoms with Gasteiger partial charge in [0, 0.05) is 30.9 Å². The first kappa shape index (κ1) is 24.0. The van der Waals surface area contributed by atoms with Crippen molar-refractivity contribution in [1.29, 1.82) is 0 Å². The van der Waals surface area contributed by atoms with Gasteiger partial charge in [0.15, 0.2) is 6.10 Å². The molecule has 1 saturated heterocycles. The van der Waals surface area contributed by atoms with Crippen LogP contribution in [-0.4, -0.2) is 50.3 Å². The summed E-state index contributed by atoms with van der Waals surface area (Å²) in [5.74, 6) is -0.00662. The fourth-order valence-corrected chi connectivity index (χ4v) is 5.67. The summed E-state index contributed by atoms with van der Waals surface area (Å²) in [6.45, 7) is 8.83. The Balaban J connectivity index is 1.51. The van der Waals surface area contributed by atoms with Crippen LogP contribution in [0, 0.1) is 0 Å². The summed E-state index contributed by atoms with van der Waals surface area (Å²) in [7, 11) is -3.56. The van der Waals surface area contributed by atoms with Crippen LogP contribution < -0.4 is 15.0 Å². The lowest BCUT2D eigenvalue weighted by Gasteiger charge is -2.33. The van der Waals surface area contributed by atoms with E-state index >= 15 is 0 Å². The van der Waals surface area contributed by atoms with Gasteiger partial charge in [-0.15, -0.1) is 0 Å². The molecule has 2 aromatic carbocycles. The van der Waals surface area contributed by atoms with E-state index in [0.29, 0.717) is 42.3 Å². The predicted octanol–water partition coefficient (Wildman–Crippen LogP) is 3.80. The summed E-state index contributed by atoms with van der Waals surface area (Å²) in [6.07, 6.45) is 2.16. The number of fused-ring (bicyclic) bond motifs is 1. The summed E-state index contributed by atoms with van der Waals surface area (Å²) >= 11 is 0. The summed E-state index contributed by atoms with van der Waals surface area (Å²) in [6, 6.07) is 11.1. The molecule has 1 fully saturated rings. The van der Waals surface area contributed by atoms with E-state index in [1.807, 2.05) is 6.92 Å². The van der Waals surface area contributed by atoms with Crippen molar-refractivity contribution in [2.75, 3.05) is 29.9 Å². The van der Waals surface area contributed by atoms with Crippen molar-refractivity contribution in [3.63, 3.8) is 0 Å². The van der Waals surface area contributed by atoms with E-state index in [0.717, 1.165) is 24.8 Å². The predicted molar refractivity (Wildman–Crippen MR) is 131 cm³/mol. The van der Waals surface area contributed by atoms with Gasteiger partial charge in [0.2, 0.25) is 10.0 Å². The number of amides is 2. The molecule has 9 heteroatoms.